The number of aromatic hydroxyl groups is 2. The molecule has 0 amide bonds. The van der Waals surface area contributed by atoms with Crippen LogP contribution in [0.25, 0.3) is 0 Å². The van der Waals surface area contributed by atoms with Gasteiger partial charge in [0.2, 0.25) is 11.8 Å². The van der Waals surface area contributed by atoms with Gasteiger partial charge in [-0.3, -0.25) is 4.57 Å². The van der Waals surface area contributed by atoms with Gasteiger partial charge >= 0.3 is 5.97 Å². The van der Waals surface area contributed by atoms with Crippen LogP contribution in [0, 0.1) is 0 Å². The summed E-state index contributed by atoms with van der Waals surface area (Å²) in [6.07, 6.45) is 1.46. The minimum Gasteiger partial charge on any atom is -0.494 e. The number of rotatable bonds is 4. The number of aromatic nitrogens is 1. The number of aromatic carboxylic acids is 1. The lowest BCUT2D eigenvalue weighted by Gasteiger charge is -2.12. The average Bonchev–Trinajstić information content (AvgIpc) is 3.21. The summed E-state index contributed by atoms with van der Waals surface area (Å²) >= 11 is 0. The number of hydrogen-bond acceptors (Lipinski definition) is 5. The Hall–Kier alpha value is -2.67. The number of carboxylic acid groups (broad SMARTS) is 1. The number of anilines is 1. The van der Waals surface area contributed by atoms with Crippen molar-refractivity contribution in [1.29, 1.82) is 0 Å². The van der Waals surface area contributed by atoms with E-state index >= 15 is 0 Å². The van der Waals surface area contributed by atoms with Gasteiger partial charge in [0.1, 0.15) is 0 Å². The monoisotopic (exact) mass is 316 g/mol. The van der Waals surface area contributed by atoms with Crippen LogP contribution < -0.4 is 5.32 Å². The van der Waals surface area contributed by atoms with E-state index in [1.54, 1.807) is 12.1 Å². The maximum atomic E-state index is 10.8. The Morgan fingerprint density at radius 2 is 1.70 bits per heavy atom. The van der Waals surface area contributed by atoms with E-state index in [2.05, 4.69) is 5.32 Å². The van der Waals surface area contributed by atoms with Crippen LogP contribution in [-0.2, 0) is 11.4 Å². The molecule has 7 nitrogen and oxygen atoms in total. The third-order valence-corrected chi connectivity index (χ3v) is 4.52. The van der Waals surface area contributed by atoms with Crippen molar-refractivity contribution < 1.29 is 24.9 Å². The molecule has 0 radical (unpaired) electrons. The fourth-order valence-corrected chi connectivity index (χ4v) is 3.38. The van der Waals surface area contributed by atoms with Crippen molar-refractivity contribution in [2.24, 2.45) is 0 Å². The van der Waals surface area contributed by atoms with Crippen molar-refractivity contribution in [2.45, 2.75) is 31.7 Å². The second-order valence-electron chi connectivity index (χ2n) is 5.81. The number of nitrogens with zero attached hydrogens (tertiary/aromatic N) is 1. The molecule has 3 heterocycles. The first-order valence-corrected chi connectivity index (χ1v) is 7.43. The number of fused-ring (bicyclic) bond motifs is 5. The molecule has 4 N–H and O–H groups in total. The Balaban J connectivity index is 1.55. The highest BCUT2D eigenvalue weighted by Crippen LogP contribution is 2.57. The first-order chi connectivity index (χ1) is 11.1. The summed E-state index contributed by atoms with van der Waals surface area (Å²) in [6, 6.07) is 6.27. The van der Waals surface area contributed by atoms with Gasteiger partial charge in [-0.25, -0.2) is 4.79 Å². The molecule has 0 saturated carbocycles. The third-order valence-electron chi connectivity index (χ3n) is 4.52. The predicted molar refractivity (Wildman–Crippen MR) is 80.6 cm³/mol. The normalized spacial score (nSPS) is 21.4. The standard InChI is InChI=1S/C16H16N2O5/c19-14-12-10-5-6-11(23-10)13(12)15(20)18(14)7-17-9-3-1-8(2-4-9)16(21)22/h1-4,10-11,17,19-20H,5-7H2,(H,21,22). The zero-order chi connectivity index (χ0) is 16.1. The minimum atomic E-state index is -0.982. The molecule has 0 aliphatic carbocycles. The van der Waals surface area contributed by atoms with Gasteiger partial charge in [-0.1, -0.05) is 0 Å². The smallest absolute Gasteiger partial charge is 0.335 e. The van der Waals surface area contributed by atoms with Gasteiger partial charge in [-0.05, 0) is 37.1 Å². The minimum absolute atomic E-state index is 0.0272. The van der Waals surface area contributed by atoms with Crippen LogP contribution in [0.5, 0.6) is 11.8 Å². The summed E-state index contributed by atoms with van der Waals surface area (Å²) in [4.78, 5) is 10.8. The average molecular weight is 316 g/mol. The van der Waals surface area contributed by atoms with Crippen LogP contribution in [0.4, 0.5) is 5.69 Å². The second-order valence-corrected chi connectivity index (χ2v) is 5.81. The zero-order valence-corrected chi connectivity index (χ0v) is 12.2. The second kappa shape index (κ2) is 4.92. The van der Waals surface area contributed by atoms with Gasteiger partial charge in [-0.2, -0.15) is 0 Å². The van der Waals surface area contributed by atoms with Gasteiger partial charge in [-0.15, -0.1) is 0 Å². The highest BCUT2D eigenvalue weighted by Gasteiger charge is 2.45. The van der Waals surface area contributed by atoms with Crippen LogP contribution in [0.1, 0.15) is 46.5 Å². The highest BCUT2D eigenvalue weighted by atomic mass is 16.5. The number of ether oxygens (including phenoxy) is 1. The lowest BCUT2D eigenvalue weighted by atomic mass is 9.95. The number of nitrogens with one attached hydrogen (secondary N) is 1. The molecule has 2 aliphatic heterocycles. The van der Waals surface area contributed by atoms with Crippen molar-refractivity contribution in [2.75, 3.05) is 5.32 Å². The van der Waals surface area contributed by atoms with Gasteiger partial charge in [0.15, 0.2) is 0 Å². The van der Waals surface area contributed by atoms with E-state index in [9.17, 15) is 15.0 Å². The number of hydrogen-bond donors (Lipinski definition) is 4. The molecular weight excluding hydrogens is 300 g/mol. The van der Waals surface area contributed by atoms with E-state index in [4.69, 9.17) is 9.84 Å². The number of benzene rings is 1. The molecule has 0 spiro atoms. The summed E-state index contributed by atoms with van der Waals surface area (Å²) in [6.45, 7) is 0.177. The fourth-order valence-electron chi connectivity index (χ4n) is 3.38. The quantitative estimate of drug-likeness (QED) is 0.691. The molecule has 23 heavy (non-hydrogen) atoms. The molecule has 2 bridgehead atoms. The zero-order valence-electron chi connectivity index (χ0n) is 12.2. The Labute approximate surface area is 131 Å². The van der Waals surface area contributed by atoms with E-state index in [1.807, 2.05) is 0 Å². The maximum absolute atomic E-state index is 10.8. The van der Waals surface area contributed by atoms with Crippen molar-refractivity contribution in [3.05, 3.63) is 41.0 Å². The van der Waals surface area contributed by atoms with E-state index < -0.39 is 5.97 Å². The van der Waals surface area contributed by atoms with Crippen LogP contribution in [0.2, 0.25) is 0 Å². The van der Waals surface area contributed by atoms with Crippen LogP contribution in [-0.4, -0.2) is 25.9 Å². The molecule has 120 valence electrons. The molecule has 1 aromatic heterocycles. The molecule has 1 aromatic carbocycles. The van der Waals surface area contributed by atoms with Gasteiger partial charge in [0.25, 0.3) is 0 Å². The topological polar surface area (TPSA) is 104 Å². The molecule has 7 heteroatoms. The van der Waals surface area contributed by atoms with Crippen LogP contribution in [0.3, 0.4) is 0 Å². The van der Waals surface area contributed by atoms with Crippen LogP contribution in [0.15, 0.2) is 24.3 Å². The molecule has 1 fully saturated rings. The van der Waals surface area contributed by atoms with E-state index in [-0.39, 0.29) is 36.2 Å². The summed E-state index contributed by atoms with van der Waals surface area (Å²) in [5.41, 5.74) is 2.29. The van der Waals surface area contributed by atoms with E-state index in [0.29, 0.717) is 16.8 Å². The summed E-state index contributed by atoms with van der Waals surface area (Å²) in [5, 5.41) is 32.6. The summed E-state index contributed by atoms with van der Waals surface area (Å²) in [7, 11) is 0. The molecule has 4 rings (SSSR count). The summed E-state index contributed by atoms with van der Waals surface area (Å²) < 4.78 is 7.09. The lowest BCUT2D eigenvalue weighted by molar-refractivity contribution is 0.0677. The van der Waals surface area contributed by atoms with Crippen molar-refractivity contribution in [3.8, 4) is 11.8 Å². The molecule has 2 unspecified atom stereocenters. The largest absolute Gasteiger partial charge is 0.494 e. The van der Waals surface area contributed by atoms with Crippen molar-refractivity contribution >= 4 is 11.7 Å². The maximum Gasteiger partial charge on any atom is 0.335 e. The number of carbonyl (C=O) groups is 1. The van der Waals surface area contributed by atoms with Crippen molar-refractivity contribution in [1.82, 2.24) is 4.57 Å². The molecule has 2 aliphatic rings. The highest BCUT2D eigenvalue weighted by molar-refractivity contribution is 5.87. The van der Waals surface area contributed by atoms with E-state index in [1.165, 1.54) is 16.7 Å². The Morgan fingerprint density at radius 1 is 1.13 bits per heavy atom. The van der Waals surface area contributed by atoms with Gasteiger partial charge in [0.05, 0.1) is 35.6 Å². The Kier molecular flexibility index (Phi) is 2.99. The Morgan fingerprint density at radius 3 is 2.22 bits per heavy atom. The molecular formula is C16H16N2O5. The van der Waals surface area contributed by atoms with Crippen molar-refractivity contribution in [3.63, 3.8) is 0 Å². The van der Waals surface area contributed by atoms with Gasteiger partial charge in [0, 0.05) is 5.69 Å². The molecule has 1 saturated heterocycles. The van der Waals surface area contributed by atoms with Gasteiger partial charge < -0.3 is 25.4 Å². The first-order valence-electron chi connectivity index (χ1n) is 7.43. The van der Waals surface area contributed by atoms with E-state index in [0.717, 1.165) is 12.8 Å². The fraction of sp³-hybridized carbons (Fsp3) is 0.312. The molecule has 2 aromatic rings. The SMILES string of the molecule is O=C(O)c1ccc(NCn2c(O)c3c(c2O)C2CCC3O2)cc1. The first kappa shape index (κ1) is 14.0. The Bertz CT molecular complexity index is 747. The summed E-state index contributed by atoms with van der Waals surface area (Å²) in [5.74, 6) is -0.928. The third kappa shape index (κ3) is 2.04. The predicted octanol–water partition coefficient (Wildman–Crippen LogP) is 2.57. The van der Waals surface area contributed by atoms with Crippen LogP contribution >= 0.6 is 0 Å². The lowest BCUT2D eigenvalue weighted by Crippen LogP contribution is -2.08. The molecule has 2 atom stereocenters. The number of carboxylic acids is 1.